The Bertz CT molecular complexity index is 412. The monoisotopic (exact) mass is 285 g/mol. The summed E-state index contributed by atoms with van der Waals surface area (Å²) in [4.78, 5) is 11.6. The van der Waals surface area contributed by atoms with Gasteiger partial charge in [0.2, 0.25) is 0 Å². The highest BCUT2D eigenvalue weighted by Gasteiger charge is 2.17. The smallest absolute Gasteiger partial charge is 0.320 e. The van der Waals surface area contributed by atoms with E-state index < -0.39 is 12.0 Å². The number of halogens is 1. The van der Waals surface area contributed by atoms with Crippen LogP contribution in [0.1, 0.15) is 20.3 Å². The van der Waals surface area contributed by atoms with Crippen LogP contribution in [0.4, 0.5) is 4.39 Å². The molecule has 5 heteroatoms. The molecule has 0 aromatic heterocycles. The number of hydrogen-bond donors (Lipinski definition) is 2. The first kappa shape index (κ1) is 16.0. The van der Waals surface area contributed by atoms with E-state index in [-0.39, 0.29) is 5.82 Å². The molecule has 0 saturated heterocycles. The Morgan fingerprint density at radius 3 is 2.68 bits per heavy atom. The molecule has 2 N–H and O–H groups in total. The van der Waals surface area contributed by atoms with Gasteiger partial charge in [-0.3, -0.25) is 4.79 Å². The van der Waals surface area contributed by atoms with E-state index in [0.717, 1.165) is 0 Å². The molecule has 19 heavy (non-hydrogen) atoms. The summed E-state index contributed by atoms with van der Waals surface area (Å²) in [7, 11) is 0. The lowest BCUT2D eigenvalue weighted by Crippen LogP contribution is -2.38. The largest absolute Gasteiger partial charge is 0.480 e. The zero-order valence-corrected chi connectivity index (χ0v) is 12.0. The summed E-state index contributed by atoms with van der Waals surface area (Å²) in [6, 6.07) is 6.07. The molecule has 1 atom stereocenters. The number of carboxylic acids is 1. The maximum absolute atomic E-state index is 13.3. The van der Waals surface area contributed by atoms with Crippen LogP contribution in [-0.4, -0.2) is 29.4 Å². The molecule has 1 aromatic carbocycles. The summed E-state index contributed by atoms with van der Waals surface area (Å²) in [5, 5.41) is 12.1. The number of benzene rings is 1. The first-order valence-electron chi connectivity index (χ1n) is 6.34. The van der Waals surface area contributed by atoms with Gasteiger partial charge in [0, 0.05) is 17.2 Å². The van der Waals surface area contributed by atoms with Crippen LogP contribution in [-0.2, 0) is 4.79 Å². The van der Waals surface area contributed by atoms with Crippen molar-refractivity contribution in [2.24, 2.45) is 5.92 Å². The van der Waals surface area contributed by atoms with Crippen LogP contribution in [0, 0.1) is 11.7 Å². The Balaban J connectivity index is 2.33. The fourth-order valence-corrected chi connectivity index (χ4v) is 2.52. The van der Waals surface area contributed by atoms with E-state index in [4.69, 9.17) is 5.11 Å². The van der Waals surface area contributed by atoms with Crippen LogP contribution in [0.3, 0.4) is 0 Å². The first-order chi connectivity index (χ1) is 9.00. The van der Waals surface area contributed by atoms with Gasteiger partial charge in [0.05, 0.1) is 0 Å². The lowest BCUT2D eigenvalue weighted by molar-refractivity contribution is -0.139. The summed E-state index contributed by atoms with van der Waals surface area (Å²) in [5.41, 5.74) is 0. The van der Waals surface area contributed by atoms with Crippen molar-refractivity contribution in [3.8, 4) is 0 Å². The predicted molar refractivity (Wildman–Crippen MR) is 76.0 cm³/mol. The van der Waals surface area contributed by atoms with Gasteiger partial charge in [-0.05, 0) is 24.5 Å². The minimum Gasteiger partial charge on any atom is -0.480 e. The van der Waals surface area contributed by atoms with Gasteiger partial charge in [0.1, 0.15) is 11.9 Å². The summed E-state index contributed by atoms with van der Waals surface area (Å²) < 4.78 is 13.3. The van der Waals surface area contributed by atoms with E-state index in [1.807, 2.05) is 13.8 Å². The Morgan fingerprint density at radius 2 is 2.11 bits per heavy atom. The third-order valence-corrected chi connectivity index (χ3v) is 3.64. The number of thioether (sulfide) groups is 1. The second-order valence-corrected chi connectivity index (χ2v) is 5.89. The van der Waals surface area contributed by atoms with Crippen molar-refractivity contribution in [2.75, 3.05) is 12.3 Å². The van der Waals surface area contributed by atoms with E-state index in [2.05, 4.69) is 5.32 Å². The van der Waals surface area contributed by atoms with E-state index in [1.165, 1.54) is 17.8 Å². The molecule has 0 amide bonds. The van der Waals surface area contributed by atoms with Crippen molar-refractivity contribution in [1.29, 1.82) is 0 Å². The fourth-order valence-electron chi connectivity index (χ4n) is 1.70. The lowest BCUT2D eigenvalue weighted by Gasteiger charge is -2.16. The maximum atomic E-state index is 13.3. The molecule has 3 nitrogen and oxygen atoms in total. The summed E-state index contributed by atoms with van der Waals surface area (Å²) in [6.45, 7) is 4.53. The van der Waals surface area contributed by atoms with Crippen molar-refractivity contribution >= 4 is 17.7 Å². The summed E-state index contributed by atoms with van der Waals surface area (Å²) in [6.07, 6.45) is 0.597. The minimum atomic E-state index is -0.829. The van der Waals surface area contributed by atoms with E-state index in [1.54, 1.807) is 18.2 Å². The lowest BCUT2D eigenvalue weighted by atomic mass is 10.0. The van der Waals surface area contributed by atoms with E-state index in [9.17, 15) is 9.18 Å². The highest BCUT2D eigenvalue weighted by atomic mass is 32.2. The number of hydrogen-bond acceptors (Lipinski definition) is 3. The molecule has 0 fully saturated rings. The molecule has 106 valence electrons. The number of aliphatic carboxylic acids is 1. The van der Waals surface area contributed by atoms with Crippen molar-refractivity contribution in [2.45, 2.75) is 31.2 Å². The average Bonchev–Trinajstić information content (AvgIpc) is 2.34. The molecule has 0 aliphatic rings. The highest BCUT2D eigenvalue weighted by molar-refractivity contribution is 7.99. The molecule has 0 radical (unpaired) electrons. The van der Waals surface area contributed by atoms with Gasteiger partial charge in [0.25, 0.3) is 0 Å². The Labute approximate surface area is 117 Å². The van der Waals surface area contributed by atoms with Gasteiger partial charge < -0.3 is 10.4 Å². The Kier molecular flexibility index (Phi) is 6.87. The molecule has 0 aliphatic carbocycles. The van der Waals surface area contributed by atoms with Gasteiger partial charge in [-0.25, -0.2) is 4.39 Å². The van der Waals surface area contributed by atoms with Crippen LogP contribution in [0.15, 0.2) is 29.2 Å². The molecule has 1 rings (SSSR count). The third-order valence-electron chi connectivity index (χ3n) is 2.59. The first-order valence-corrected chi connectivity index (χ1v) is 7.32. The SMILES string of the molecule is CC(C)CC(NCCSc1ccccc1F)C(=O)O. The van der Waals surface area contributed by atoms with Crippen LogP contribution < -0.4 is 5.32 Å². The third kappa shape index (κ3) is 6.07. The summed E-state index contributed by atoms with van der Waals surface area (Å²) >= 11 is 1.39. The summed E-state index contributed by atoms with van der Waals surface area (Å²) in [5.74, 6) is -0.0927. The average molecular weight is 285 g/mol. The van der Waals surface area contributed by atoms with Crippen molar-refractivity contribution < 1.29 is 14.3 Å². The second kappa shape index (κ2) is 8.17. The van der Waals surface area contributed by atoms with Gasteiger partial charge >= 0.3 is 5.97 Å². The zero-order chi connectivity index (χ0) is 14.3. The number of carbonyl (C=O) groups is 1. The van der Waals surface area contributed by atoms with Crippen LogP contribution in [0.2, 0.25) is 0 Å². The van der Waals surface area contributed by atoms with Crippen molar-refractivity contribution in [1.82, 2.24) is 5.32 Å². The molecule has 0 saturated carbocycles. The van der Waals surface area contributed by atoms with Crippen molar-refractivity contribution in [3.05, 3.63) is 30.1 Å². The molecular formula is C14H20FNO2S. The Morgan fingerprint density at radius 1 is 1.42 bits per heavy atom. The normalized spacial score (nSPS) is 12.6. The molecule has 1 unspecified atom stereocenters. The quantitative estimate of drug-likeness (QED) is 0.569. The molecule has 0 heterocycles. The number of nitrogens with one attached hydrogen (secondary N) is 1. The molecule has 1 aromatic rings. The molecule has 0 aliphatic heterocycles. The zero-order valence-electron chi connectivity index (χ0n) is 11.2. The minimum absolute atomic E-state index is 0.232. The number of carboxylic acid groups (broad SMARTS) is 1. The molecule has 0 spiro atoms. The van der Waals surface area contributed by atoms with Crippen LogP contribution in [0.25, 0.3) is 0 Å². The van der Waals surface area contributed by atoms with E-state index in [0.29, 0.717) is 29.5 Å². The standard InChI is InChI=1S/C14H20FNO2S/c1-10(2)9-12(14(17)18)16-7-8-19-13-6-4-3-5-11(13)15/h3-6,10,12,16H,7-9H2,1-2H3,(H,17,18). The number of rotatable bonds is 8. The predicted octanol–water partition coefficient (Wildman–Crippen LogP) is 3.01. The second-order valence-electron chi connectivity index (χ2n) is 4.75. The van der Waals surface area contributed by atoms with Gasteiger partial charge in [-0.2, -0.15) is 0 Å². The van der Waals surface area contributed by atoms with Gasteiger partial charge in [0.15, 0.2) is 0 Å². The van der Waals surface area contributed by atoms with Crippen LogP contribution >= 0.6 is 11.8 Å². The highest BCUT2D eigenvalue weighted by Crippen LogP contribution is 2.20. The van der Waals surface area contributed by atoms with Crippen molar-refractivity contribution in [3.63, 3.8) is 0 Å². The van der Waals surface area contributed by atoms with Gasteiger partial charge in [-0.15, -0.1) is 11.8 Å². The van der Waals surface area contributed by atoms with Gasteiger partial charge in [-0.1, -0.05) is 26.0 Å². The molecular weight excluding hydrogens is 265 g/mol. The molecule has 0 bridgehead atoms. The topological polar surface area (TPSA) is 49.3 Å². The maximum Gasteiger partial charge on any atom is 0.320 e. The fraction of sp³-hybridized carbons (Fsp3) is 0.500. The van der Waals surface area contributed by atoms with E-state index >= 15 is 0 Å². The Hall–Kier alpha value is -1.07. The van der Waals surface area contributed by atoms with Crippen LogP contribution in [0.5, 0.6) is 0 Å².